The second-order valence-corrected chi connectivity index (χ2v) is 7.44. The highest BCUT2D eigenvalue weighted by Crippen LogP contribution is 2.33. The van der Waals surface area contributed by atoms with Crippen molar-refractivity contribution >= 4 is 11.7 Å². The Morgan fingerprint density at radius 2 is 1.88 bits per heavy atom. The number of hydrogen-bond donors (Lipinski definition) is 0. The minimum atomic E-state index is -2.61. The van der Waals surface area contributed by atoms with Crippen molar-refractivity contribution < 1.29 is 13.6 Å². The van der Waals surface area contributed by atoms with Crippen LogP contribution in [0.1, 0.15) is 43.4 Å². The van der Waals surface area contributed by atoms with Crippen LogP contribution in [0.3, 0.4) is 0 Å². The highest BCUT2D eigenvalue weighted by molar-refractivity contribution is 5.80. The third kappa shape index (κ3) is 3.33. The molecule has 1 aliphatic carbocycles. The molecule has 0 bridgehead atoms. The molecule has 0 aromatic carbocycles. The summed E-state index contributed by atoms with van der Waals surface area (Å²) in [5, 5.41) is 0. The van der Waals surface area contributed by atoms with Crippen LogP contribution in [0.15, 0.2) is 6.33 Å². The minimum absolute atomic E-state index is 0.0286. The van der Waals surface area contributed by atoms with E-state index in [9.17, 15) is 13.6 Å². The number of alkyl halides is 2. The van der Waals surface area contributed by atoms with Crippen molar-refractivity contribution in [2.24, 2.45) is 5.92 Å². The number of rotatable bonds is 2. The van der Waals surface area contributed by atoms with Gasteiger partial charge in [-0.3, -0.25) is 4.79 Å². The van der Waals surface area contributed by atoms with Crippen LogP contribution in [-0.4, -0.2) is 52.9 Å². The average molecular weight is 350 g/mol. The third-order valence-corrected chi connectivity index (χ3v) is 5.75. The quantitative estimate of drug-likeness (QED) is 0.822. The van der Waals surface area contributed by atoms with Gasteiger partial charge in [0.25, 0.3) is 5.92 Å². The lowest BCUT2D eigenvalue weighted by Gasteiger charge is -2.33. The summed E-state index contributed by atoms with van der Waals surface area (Å²) in [5.74, 6) is -1.72. The zero-order valence-corrected chi connectivity index (χ0v) is 14.4. The van der Waals surface area contributed by atoms with Gasteiger partial charge < -0.3 is 9.80 Å². The predicted octanol–water partition coefficient (Wildman–Crippen LogP) is 2.44. The van der Waals surface area contributed by atoms with Crippen molar-refractivity contribution in [2.45, 2.75) is 50.9 Å². The number of nitrogens with zero attached hydrogens (tertiary/aromatic N) is 4. The Kier molecular flexibility index (Phi) is 4.33. The van der Waals surface area contributed by atoms with E-state index in [1.54, 1.807) is 11.2 Å². The third-order valence-electron chi connectivity index (χ3n) is 5.75. The van der Waals surface area contributed by atoms with Crippen molar-refractivity contribution in [3.8, 4) is 0 Å². The smallest absolute Gasteiger partial charge is 0.251 e. The Labute approximate surface area is 146 Å². The summed E-state index contributed by atoms with van der Waals surface area (Å²) in [6.45, 7) is 1.77. The van der Waals surface area contributed by atoms with Crippen LogP contribution in [-0.2, 0) is 17.6 Å². The first-order chi connectivity index (χ1) is 12.0. The number of halogens is 2. The number of amides is 1. The number of fused-ring (bicyclic) bond motifs is 1. The molecule has 5 nitrogen and oxygen atoms in total. The van der Waals surface area contributed by atoms with Crippen LogP contribution in [0.25, 0.3) is 0 Å². The summed E-state index contributed by atoms with van der Waals surface area (Å²) in [6, 6.07) is 0. The molecule has 0 spiro atoms. The topological polar surface area (TPSA) is 49.3 Å². The zero-order chi connectivity index (χ0) is 17.4. The van der Waals surface area contributed by atoms with Crippen LogP contribution in [0.5, 0.6) is 0 Å². The van der Waals surface area contributed by atoms with E-state index in [1.165, 1.54) is 12.0 Å². The Morgan fingerprint density at radius 3 is 2.68 bits per heavy atom. The first kappa shape index (κ1) is 16.7. The molecular weight excluding hydrogens is 326 g/mol. The van der Waals surface area contributed by atoms with Gasteiger partial charge in [-0.1, -0.05) is 0 Å². The molecule has 0 saturated carbocycles. The van der Waals surface area contributed by atoms with Gasteiger partial charge in [-0.25, -0.2) is 18.7 Å². The maximum absolute atomic E-state index is 13.3. The standard InChI is InChI=1S/C18H24F2N4O/c19-18(20)6-9-23(10-7-18)17(25)13-5-8-24(11-13)16-14-3-1-2-4-15(14)21-12-22-16/h12-13H,1-11H2. The van der Waals surface area contributed by atoms with Crippen LogP contribution < -0.4 is 4.90 Å². The molecule has 2 fully saturated rings. The monoisotopic (exact) mass is 350 g/mol. The number of carbonyl (C=O) groups excluding carboxylic acids is 1. The highest BCUT2D eigenvalue weighted by atomic mass is 19.3. The molecule has 1 unspecified atom stereocenters. The Hall–Kier alpha value is -1.79. The van der Waals surface area contributed by atoms with Gasteiger partial charge in [0.2, 0.25) is 5.91 Å². The van der Waals surface area contributed by atoms with Gasteiger partial charge in [0.15, 0.2) is 0 Å². The second-order valence-electron chi connectivity index (χ2n) is 7.44. The van der Waals surface area contributed by atoms with Gasteiger partial charge in [0.05, 0.1) is 5.92 Å². The van der Waals surface area contributed by atoms with Crippen LogP contribution in [0, 0.1) is 5.92 Å². The van der Waals surface area contributed by atoms with Crippen LogP contribution in [0.4, 0.5) is 14.6 Å². The molecule has 2 aliphatic heterocycles. The van der Waals surface area contributed by atoms with Crippen LogP contribution in [0.2, 0.25) is 0 Å². The normalized spacial score (nSPS) is 25.8. The molecule has 1 aromatic rings. The molecule has 1 atom stereocenters. The van der Waals surface area contributed by atoms with Gasteiger partial charge in [-0.15, -0.1) is 0 Å². The van der Waals surface area contributed by atoms with Crippen molar-refractivity contribution in [1.29, 1.82) is 0 Å². The van der Waals surface area contributed by atoms with E-state index >= 15 is 0 Å². The van der Waals surface area contributed by atoms with E-state index in [0.29, 0.717) is 6.54 Å². The maximum Gasteiger partial charge on any atom is 0.251 e. The van der Waals surface area contributed by atoms with Gasteiger partial charge >= 0.3 is 0 Å². The summed E-state index contributed by atoms with van der Waals surface area (Å²) >= 11 is 0. The molecule has 4 rings (SSSR count). The van der Waals surface area contributed by atoms with Gasteiger partial charge in [0, 0.05) is 50.3 Å². The average Bonchev–Trinajstić information content (AvgIpc) is 3.10. The number of carbonyl (C=O) groups is 1. The number of piperidine rings is 1. The zero-order valence-electron chi connectivity index (χ0n) is 14.4. The van der Waals surface area contributed by atoms with Crippen LogP contribution >= 0.6 is 0 Å². The van der Waals surface area contributed by atoms with Crippen molar-refractivity contribution in [2.75, 3.05) is 31.1 Å². The molecule has 2 saturated heterocycles. The predicted molar refractivity (Wildman–Crippen MR) is 89.8 cm³/mol. The molecular formula is C18H24F2N4O. The molecule has 25 heavy (non-hydrogen) atoms. The largest absolute Gasteiger partial charge is 0.355 e. The Bertz CT molecular complexity index is 656. The van der Waals surface area contributed by atoms with E-state index in [2.05, 4.69) is 14.9 Å². The Balaban J connectivity index is 1.43. The van der Waals surface area contributed by atoms with E-state index in [1.807, 2.05) is 0 Å². The van der Waals surface area contributed by atoms with E-state index < -0.39 is 5.92 Å². The summed E-state index contributed by atoms with van der Waals surface area (Å²) in [4.78, 5) is 25.4. The highest BCUT2D eigenvalue weighted by Gasteiger charge is 2.39. The number of aryl methyl sites for hydroxylation is 1. The molecule has 0 N–H and O–H groups in total. The molecule has 0 radical (unpaired) electrons. The lowest BCUT2D eigenvalue weighted by atomic mass is 9.96. The minimum Gasteiger partial charge on any atom is -0.355 e. The fraction of sp³-hybridized carbons (Fsp3) is 0.722. The van der Waals surface area contributed by atoms with E-state index in [4.69, 9.17) is 0 Å². The van der Waals surface area contributed by atoms with E-state index in [0.717, 1.165) is 43.7 Å². The fourth-order valence-electron chi connectivity index (χ4n) is 4.24. The summed E-state index contributed by atoms with van der Waals surface area (Å²) < 4.78 is 26.6. The Morgan fingerprint density at radius 1 is 1.12 bits per heavy atom. The molecule has 1 amide bonds. The molecule has 3 aliphatic rings. The maximum atomic E-state index is 13.3. The van der Waals surface area contributed by atoms with Gasteiger partial charge in [0.1, 0.15) is 12.1 Å². The van der Waals surface area contributed by atoms with Crippen molar-refractivity contribution in [3.05, 3.63) is 17.6 Å². The first-order valence-electron chi connectivity index (χ1n) is 9.28. The number of likely N-dealkylation sites (tertiary alicyclic amines) is 1. The summed E-state index contributed by atoms with van der Waals surface area (Å²) in [6.07, 6.45) is 6.30. The molecule has 7 heteroatoms. The SMILES string of the molecule is O=C(C1CCN(c2ncnc3c2CCCC3)C1)N1CCC(F)(F)CC1. The number of hydrogen-bond acceptors (Lipinski definition) is 4. The summed E-state index contributed by atoms with van der Waals surface area (Å²) in [7, 11) is 0. The number of aromatic nitrogens is 2. The van der Waals surface area contributed by atoms with Crippen molar-refractivity contribution in [3.63, 3.8) is 0 Å². The molecule has 3 heterocycles. The molecule has 1 aromatic heterocycles. The second kappa shape index (κ2) is 6.50. The van der Waals surface area contributed by atoms with E-state index in [-0.39, 0.29) is 37.8 Å². The fourth-order valence-corrected chi connectivity index (χ4v) is 4.24. The first-order valence-corrected chi connectivity index (χ1v) is 9.28. The van der Waals surface area contributed by atoms with Gasteiger partial charge in [-0.2, -0.15) is 0 Å². The molecule has 136 valence electrons. The lowest BCUT2D eigenvalue weighted by molar-refractivity contribution is -0.140. The summed E-state index contributed by atoms with van der Waals surface area (Å²) in [5.41, 5.74) is 2.38. The van der Waals surface area contributed by atoms with Gasteiger partial charge in [-0.05, 0) is 32.1 Å². The lowest BCUT2D eigenvalue weighted by Crippen LogP contribution is -2.45. The number of anilines is 1. The van der Waals surface area contributed by atoms with Crippen molar-refractivity contribution in [1.82, 2.24) is 14.9 Å².